The van der Waals surface area contributed by atoms with Crippen LogP contribution in [0.3, 0.4) is 0 Å². The molecule has 0 radical (unpaired) electrons. The summed E-state index contributed by atoms with van der Waals surface area (Å²) in [6, 6.07) is 14.1. The average molecular weight is 492 g/mol. The lowest BCUT2D eigenvalue weighted by molar-refractivity contribution is -0.140. The van der Waals surface area contributed by atoms with Crippen LogP contribution in [0.5, 0.6) is 11.6 Å². The summed E-state index contributed by atoms with van der Waals surface area (Å²) in [6.45, 7) is 5.80. The maximum Gasteiger partial charge on any atom is 0.227 e. The minimum atomic E-state index is -0.308. The van der Waals surface area contributed by atoms with Crippen molar-refractivity contribution in [3.63, 3.8) is 0 Å². The molecule has 1 atom stereocenters. The summed E-state index contributed by atoms with van der Waals surface area (Å²) in [5.74, 6) is 1.22. The molecule has 1 aliphatic carbocycles. The average Bonchev–Trinajstić information content (AvgIpc) is 3.46. The fourth-order valence-electron chi connectivity index (χ4n) is 4.94. The van der Waals surface area contributed by atoms with Gasteiger partial charge in [0.25, 0.3) is 0 Å². The highest BCUT2D eigenvalue weighted by Crippen LogP contribution is 2.35. The van der Waals surface area contributed by atoms with Gasteiger partial charge >= 0.3 is 0 Å². The Morgan fingerprint density at radius 1 is 1.17 bits per heavy atom. The third-order valence-electron chi connectivity index (χ3n) is 7.19. The fraction of sp³-hybridized carbons (Fsp3) is 0.448. The number of aryl methyl sites for hydroxylation is 2. The van der Waals surface area contributed by atoms with Crippen molar-refractivity contribution in [2.24, 2.45) is 5.92 Å². The van der Waals surface area contributed by atoms with Gasteiger partial charge in [0.1, 0.15) is 11.6 Å². The highest BCUT2D eigenvalue weighted by atomic mass is 19.1. The normalized spacial score (nSPS) is 17.7. The van der Waals surface area contributed by atoms with Gasteiger partial charge in [-0.2, -0.15) is 5.10 Å². The van der Waals surface area contributed by atoms with E-state index in [0.29, 0.717) is 36.8 Å². The van der Waals surface area contributed by atoms with Crippen molar-refractivity contribution >= 4 is 5.91 Å². The molecule has 0 N–H and O–H groups in total. The van der Waals surface area contributed by atoms with Gasteiger partial charge in [-0.1, -0.05) is 25.5 Å². The van der Waals surface area contributed by atoms with Crippen LogP contribution in [0.1, 0.15) is 55.8 Å². The van der Waals surface area contributed by atoms with Gasteiger partial charge in [-0.05, 0) is 81.0 Å². The Morgan fingerprint density at radius 3 is 2.61 bits per heavy atom. The lowest BCUT2D eigenvalue weighted by atomic mass is 9.84. The van der Waals surface area contributed by atoms with Gasteiger partial charge in [-0.15, -0.1) is 0 Å². The summed E-state index contributed by atoms with van der Waals surface area (Å²) in [4.78, 5) is 15.5. The fourth-order valence-corrected chi connectivity index (χ4v) is 4.94. The molecule has 36 heavy (non-hydrogen) atoms. The SMILES string of the molecule is CCc1nn(-c2ccc(F)cc2)c(Oc2cccc(C)c2)c1CN(CC1CCCO1)C(=O)C1CCC1. The number of benzene rings is 2. The van der Waals surface area contributed by atoms with Gasteiger partial charge in [-0.25, -0.2) is 9.07 Å². The Labute approximate surface area is 212 Å². The summed E-state index contributed by atoms with van der Waals surface area (Å²) < 4.78 is 27.8. The molecule has 1 amide bonds. The Bertz CT molecular complexity index is 1200. The molecular weight excluding hydrogens is 457 g/mol. The van der Waals surface area contributed by atoms with Gasteiger partial charge in [0.05, 0.1) is 29.6 Å². The first-order valence-corrected chi connectivity index (χ1v) is 13.0. The number of rotatable bonds is 9. The van der Waals surface area contributed by atoms with Gasteiger partial charge in [-0.3, -0.25) is 4.79 Å². The van der Waals surface area contributed by atoms with Crippen LogP contribution in [0.4, 0.5) is 4.39 Å². The Kier molecular flexibility index (Phi) is 7.37. The number of ether oxygens (including phenoxy) is 2. The number of amides is 1. The van der Waals surface area contributed by atoms with E-state index < -0.39 is 0 Å². The molecule has 1 saturated heterocycles. The van der Waals surface area contributed by atoms with Crippen molar-refractivity contribution in [1.29, 1.82) is 0 Å². The second kappa shape index (κ2) is 10.8. The topological polar surface area (TPSA) is 56.6 Å². The van der Waals surface area contributed by atoms with E-state index in [4.69, 9.17) is 14.6 Å². The van der Waals surface area contributed by atoms with Crippen LogP contribution in [0.15, 0.2) is 48.5 Å². The van der Waals surface area contributed by atoms with Crippen molar-refractivity contribution in [1.82, 2.24) is 14.7 Å². The van der Waals surface area contributed by atoms with Crippen LogP contribution in [0.25, 0.3) is 5.69 Å². The number of hydrogen-bond acceptors (Lipinski definition) is 4. The predicted molar refractivity (Wildman–Crippen MR) is 136 cm³/mol. The second-order valence-electron chi connectivity index (χ2n) is 9.87. The van der Waals surface area contributed by atoms with E-state index in [1.807, 2.05) is 36.1 Å². The van der Waals surface area contributed by atoms with E-state index in [-0.39, 0.29) is 23.7 Å². The van der Waals surface area contributed by atoms with E-state index in [2.05, 4.69) is 6.92 Å². The van der Waals surface area contributed by atoms with Crippen LogP contribution in [0, 0.1) is 18.7 Å². The van der Waals surface area contributed by atoms with Crippen molar-refractivity contribution in [2.75, 3.05) is 13.2 Å². The van der Waals surface area contributed by atoms with Crippen LogP contribution >= 0.6 is 0 Å². The van der Waals surface area contributed by atoms with Crippen LogP contribution in [-0.2, 0) is 22.5 Å². The van der Waals surface area contributed by atoms with Crippen LogP contribution < -0.4 is 4.74 Å². The highest BCUT2D eigenvalue weighted by molar-refractivity contribution is 5.79. The molecule has 1 aromatic heterocycles. The lowest BCUT2D eigenvalue weighted by Crippen LogP contribution is -2.42. The minimum Gasteiger partial charge on any atom is -0.439 e. The van der Waals surface area contributed by atoms with Gasteiger partial charge in [0.2, 0.25) is 11.8 Å². The third kappa shape index (κ3) is 5.31. The molecule has 2 aromatic carbocycles. The van der Waals surface area contributed by atoms with Gasteiger partial charge in [0.15, 0.2) is 0 Å². The molecule has 3 aromatic rings. The zero-order valence-electron chi connectivity index (χ0n) is 21.1. The molecule has 7 heteroatoms. The molecule has 6 nitrogen and oxygen atoms in total. The van der Waals surface area contributed by atoms with E-state index in [1.54, 1.807) is 16.8 Å². The predicted octanol–water partition coefficient (Wildman–Crippen LogP) is 5.98. The monoisotopic (exact) mass is 491 g/mol. The maximum absolute atomic E-state index is 13.7. The highest BCUT2D eigenvalue weighted by Gasteiger charge is 2.33. The minimum absolute atomic E-state index is 0.0624. The summed E-state index contributed by atoms with van der Waals surface area (Å²) in [5.41, 5.74) is 3.53. The Hall–Kier alpha value is -3.19. The van der Waals surface area contributed by atoms with E-state index in [1.165, 1.54) is 12.1 Å². The number of nitrogens with zero attached hydrogens (tertiary/aromatic N) is 3. The zero-order valence-corrected chi connectivity index (χ0v) is 21.1. The molecule has 5 rings (SSSR count). The number of carbonyl (C=O) groups excluding carboxylic acids is 1. The molecule has 2 aliphatic rings. The molecular formula is C29H34FN3O3. The van der Waals surface area contributed by atoms with Crippen molar-refractivity contribution in [3.8, 4) is 17.3 Å². The summed E-state index contributed by atoms with van der Waals surface area (Å²) >= 11 is 0. The van der Waals surface area contributed by atoms with Crippen LogP contribution in [0.2, 0.25) is 0 Å². The molecule has 0 spiro atoms. The number of hydrogen-bond donors (Lipinski definition) is 0. The van der Waals surface area contributed by atoms with E-state index in [0.717, 1.165) is 55.5 Å². The molecule has 1 saturated carbocycles. The Balaban J connectivity index is 1.55. The molecule has 2 heterocycles. The molecule has 1 aliphatic heterocycles. The van der Waals surface area contributed by atoms with E-state index in [9.17, 15) is 9.18 Å². The van der Waals surface area contributed by atoms with Crippen molar-refractivity contribution < 1.29 is 18.7 Å². The summed E-state index contributed by atoms with van der Waals surface area (Å²) in [5, 5.41) is 4.87. The molecule has 1 unspecified atom stereocenters. The zero-order chi connectivity index (χ0) is 25.1. The number of halogens is 1. The first-order valence-electron chi connectivity index (χ1n) is 13.0. The first-order chi connectivity index (χ1) is 17.5. The lowest BCUT2D eigenvalue weighted by Gasteiger charge is -2.33. The Morgan fingerprint density at radius 2 is 1.97 bits per heavy atom. The van der Waals surface area contributed by atoms with E-state index >= 15 is 0 Å². The summed E-state index contributed by atoms with van der Waals surface area (Å²) in [7, 11) is 0. The standard InChI is InChI=1S/C29H34FN3O3/c1-3-27-26(19-32(18-25-11-6-16-35-25)28(34)21-8-5-9-21)29(36-24-10-4-7-20(2)17-24)33(31-27)23-14-12-22(30)13-15-23/h4,7,10,12-15,17,21,25H,3,5-6,8-9,11,16,18-19H2,1-2H3. The van der Waals surface area contributed by atoms with Gasteiger partial charge in [0, 0.05) is 19.1 Å². The van der Waals surface area contributed by atoms with Crippen molar-refractivity contribution in [3.05, 3.63) is 71.2 Å². The second-order valence-corrected chi connectivity index (χ2v) is 9.87. The summed E-state index contributed by atoms with van der Waals surface area (Å²) in [6.07, 6.45) is 5.74. The van der Waals surface area contributed by atoms with Crippen molar-refractivity contribution in [2.45, 2.75) is 65.0 Å². The first kappa shape index (κ1) is 24.5. The number of carbonyl (C=O) groups is 1. The maximum atomic E-state index is 13.7. The smallest absolute Gasteiger partial charge is 0.227 e. The molecule has 190 valence electrons. The number of aromatic nitrogens is 2. The molecule has 0 bridgehead atoms. The largest absolute Gasteiger partial charge is 0.439 e. The molecule has 2 fully saturated rings. The quantitative estimate of drug-likeness (QED) is 0.369. The third-order valence-corrected chi connectivity index (χ3v) is 7.19. The van der Waals surface area contributed by atoms with Gasteiger partial charge < -0.3 is 14.4 Å². The van der Waals surface area contributed by atoms with Crippen LogP contribution in [-0.4, -0.2) is 39.8 Å².